The van der Waals surface area contributed by atoms with Crippen LogP contribution in [0.25, 0.3) is 0 Å². The van der Waals surface area contributed by atoms with Crippen molar-refractivity contribution in [3.8, 4) is 0 Å². The molecule has 1 amide bonds. The molecule has 2 aromatic rings. The third-order valence-corrected chi connectivity index (χ3v) is 5.15. The van der Waals surface area contributed by atoms with Gasteiger partial charge in [-0.1, -0.05) is 0 Å². The summed E-state index contributed by atoms with van der Waals surface area (Å²) in [7, 11) is 0. The maximum atomic E-state index is 12.9. The smallest absolute Gasteiger partial charge is 0.255 e. The van der Waals surface area contributed by atoms with Crippen LogP contribution >= 0.6 is 11.3 Å². The third kappa shape index (κ3) is 3.08. The number of aromatic amines is 1. The number of fused-ring (bicyclic) bond motifs is 1. The van der Waals surface area contributed by atoms with Gasteiger partial charge in [-0.05, 0) is 38.2 Å². The van der Waals surface area contributed by atoms with Crippen LogP contribution in [0.5, 0.6) is 0 Å². The van der Waals surface area contributed by atoms with Gasteiger partial charge in [-0.2, -0.15) is 0 Å². The van der Waals surface area contributed by atoms with Crippen LogP contribution in [0.3, 0.4) is 0 Å². The van der Waals surface area contributed by atoms with Crippen molar-refractivity contribution in [2.75, 3.05) is 13.2 Å². The zero-order valence-electron chi connectivity index (χ0n) is 12.8. The lowest BCUT2D eigenvalue weighted by molar-refractivity contribution is 0.0705. The van der Waals surface area contributed by atoms with E-state index in [9.17, 15) is 9.90 Å². The maximum Gasteiger partial charge on any atom is 0.255 e. The largest absolute Gasteiger partial charge is 0.395 e. The Morgan fingerprint density at radius 3 is 3.00 bits per heavy atom. The molecule has 2 heterocycles. The molecule has 0 bridgehead atoms. The SMILES string of the molecule is Cc1ncc(CN(CCO)C(=O)c2csc3c2CCCC3)[nH]1. The van der Waals surface area contributed by atoms with E-state index in [1.807, 2.05) is 12.3 Å². The molecule has 0 aliphatic heterocycles. The molecule has 6 heteroatoms. The summed E-state index contributed by atoms with van der Waals surface area (Å²) in [6.45, 7) is 2.63. The zero-order valence-corrected chi connectivity index (χ0v) is 13.6. The number of aryl methyl sites for hydroxylation is 2. The number of aliphatic hydroxyl groups is 1. The lowest BCUT2D eigenvalue weighted by atomic mass is 9.95. The first-order chi connectivity index (χ1) is 10.7. The molecule has 22 heavy (non-hydrogen) atoms. The fourth-order valence-corrected chi connectivity index (χ4v) is 4.09. The van der Waals surface area contributed by atoms with Crippen molar-refractivity contribution in [3.05, 3.63) is 39.1 Å². The number of nitrogens with one attached hydrogen (secondary N) is 1. The summed E-state index contributed by atoms with van der Waals surface area (Å²) in [6.07, 6.45) is 6.21. The van der Waals surface area contributed by atoms with Crippen LogP contribution in [0.4, 0.5) is 0 Å². The first-order valence-electron chi connectivity index (χ1n) is 7.69. The quantitative estimate of drug-likeness (QED) is 0.888. The Labute approximate surface area is 134 Å². The van der Waals surface area contributed by atoms with Crippen LogP contribution in [-0.2, 0) is 19.4 Å². The number of aromatic nitrogens is 2. The van der Waals surface area contributed by atoms with Crippen molar-refractivity contribution in [2.24, 2.45) is 0 Å². The molecule has 2 N–H and O–H groups in total. The minimum Gasteiger partial charge on any atom is -0.395 e. The molecule has 118 valence electrons. The number of thiophene rings is 1. The third-order valence-electron chi connectivity index (χ3n) is 4.07. The molecule has 0 atom stereocenters. The Hall–Kier alpha value is -1.66. The summed E-state index contributed by atoms with van der Waals surface area (Å²) in [5, 5.41) is 11.3. The van der Waals surface area contributed by atoms with Crippen molar-refractivity contribution in [3.63, 3.8) is 0 Å². The van der Waals surface area contributed by atoms with E-state index in [2.05, 4.69) is 9.97 Å². The van der Waals surface area contributed by atoms with Gasteiger partial charge >= 0.3 is 0 Å². The molecule has 0 spiro atoms. The van der Waals surface area contributed by atoms with Crippen molar-refractivity contribution >= 4 is 17.2 Å². The van der Waals surface area contributed by atoms with E-state index in [0.717, 1.165) is 36.3 Å². The molecule has 0 aromatic carbocycles. The molecule has 0 radical (unpaired) electrons. The molecule has 0 saturated carbocycles. The molecule has 1 aliphatic carbocycles. The Morgan fingerprint density at radius 1 is 1.45 bits per heavy atom. The van der Waals surface area contributed by atoms with Gasteiger partial charge in [-0.15, -0.1) is 11.3 Å². The summed E-state index contributed by atoms with van der Waals surface area (Å²) in [6, 6.07) is 0. The highest BCUT2D eigenvalue weighted by Crippen LogP contribution is 2.31. The second-order valence-electron chi connectivity index (χ2n) is 5.70. The summed E-state index contributed by atoms with van der Waals surface area (Å²) in [5.74, 6) is 0.847. The minimum absolute atomic E-state index is 0.0145. The monoisotopic (exact) mass is 319 g/mol. The van der Waals surface area contributed by atoms with Crippen LogP contribution in [0.15, 0.2) is 11.6 Å². The zero-order chi connectivity index (χ0) is 15.5. The molecule has 1 aliphatic rings. The first-order valence-corrected chi connectivity index (χ1v) is 8.57. The van der Waals surface area contributed by atoms with E-state index < -0.39 is 0 Å². The number of rotatable bonds is 5. The van der Waals surface area contributed by atoms with Gasteiger partial charge in [0.2, 0.25) is 0 Å². The highest BCUT2D eigenvalue weighted by atomic mass is 32.1. The maximum absolute atomic E-state index is 12.9. The number of carbonyl (C=O) groups is 1. The second-order valence-corrected chi connectivity index (χ2v) is 6.67. The topological polar surface area (TPSA) is 69.2 Å². The summed E-state index contributed by atoms with van der Waals surface area (Å²) >= 11 is 1.70. The summed E-state index contributed by atoms with van der Waals surface area (Å²) in [4.78, 5) is 23.2. The predicted molar refractivity (Wildman–Crippen MR) is 86.1 cm³/mol. The molecule has 2 aromatic heterocycles. The van der Waals surface area contributed by atoms with Crippen molar-refractivity contribution in [2.45, 2.75) is 39.2 Å². The van der Waals surface area contributed by atoms with Gasteiger partial charge in [-0.25, -0.2) is 4.98 Å². The lowest BCUT2D eigenvalue weighted by Gasteiger charge is -2.22. The highest BCUT2D eigenvalue weighted by molar-refractivity contribution is 7.10. The fourth-order valence-electron chi connectivity index (χ4n) is 2.97. The lowest BCUT2D eigenvalue weighted by Crippen LogP contribution is -2.33. The number of hydrogen-bond donors (Lipinski definition) is 2. The number of H-pyrrole nitrogens is 1. The number of carbonyl (C=O) groups excluding carboxylic acids is 1. The number of amides is 1. The Morgan fingerprint density at radius 2 is 2.27 bits per heavy atom. The van der Waals surface area contributed by atoms with Crippen LogP contribution in [0.2, 0.25) is 0 Å². The molecule has 0 unspecified atom stereocenters. The Bertz CT molecular complexity index is 662. The number of nitrogens with zero attached hydrogens (tertiary/aromatic N) is 2. The summed E-state index contributed by atoms with van der Waals surface area (Å²) < 4.78 is 0. The Balaban J connectivity index is 1.81. The standard InChI is InChI=1S/C16H21N3O2S/c1-11-17-8-12(18-11)9-19(6-7-20)16(21)14-10-22-15-5-3-2-4-13(14)15/h8,10,20H,2-7,9H2,1H3,(H,17,18). The van der Waals surface area contributed by atoms with Gasteiger partial charge in [0.25, 0.3) is 5.91 Å². The first kappa shape index (κ1) is 15.2. The van der Waals surface area contributed by atoms with Gasteiger partial charge in [0, 0.05) is 16.8 Å². The molecular weight excluding hydrogens is 298 g/mol. The predicted octanol–water partition coefficient (Wildman–Crippen LogP) is 2.29. The molecule has 5 nitrogen and oxygen atoms in total. The number of aliphatic hydroxyl groups excluding tert-OH is 1. The Kier molecular flexibility index (Phi) is 4.59. The highest BCUT2D eigenvalue weighted by Gasteiger charge is 2.24. The van der Waals surface area contributed by atoms with Crippen LogP contribution in [0.1, 0.15) is 45.2 Å². The van der Waals surface area contributed by atoms with Crippen molar-refractivity contribution in [1.82, 2.24) is 14.9 Å². The van der Waals surface area contributed by atoms with Crippen LogP contribution in [0, 0.1) is 6.92 Å². The van der Waals surface area contributed by atoms with Gasteiger partial charge in [0.05, 0.1) is 30.6 Å². The van der Waals surface area contributed by atoms with E-state index in [1.165, 1.54) is 16.9 Å². The van der Waals surface area contributed by atoms with E-state index in [4.69, 9.17) is 0 Å². The van der Waals surface area contributed by atoms with Crippen LogP contribution < -0.4 is 0 Å². The molecule has 0 saturated heterocycles. The van der Waals surface area contributed by atoms with Gasteiger partial charge < -0.3 is 15.0 Å². The molecule has 3 rings (SSSR count). The number of imidazole rings is 1. The van der Waals surface area contributed by atoms with Crippen molar-refractivity contribution < 1.29 is 9.90 Å². The molecule has 0 fully saturated rings. The fraction of sp³-hybridized carbons (Fsp3) is 0.500. The van der Waals surface area contributed by atoms with Gasteiger partial charge in [0.1, 0.15) is 5.82 Å². The van der Waals surface area contributed by atoms with Gasteiger partial charge in [-0.3, -0.25) is 4.79 Å². The summed E-state index contributed by atoms with van der Waals surface area (Å²) in [5.41, 5.74) is 2.94. The normalized spacial score (nSPS) is 13.9. The van der Waals surface area contributed by atoms with E-state index in [0.29, 0.717) is 13.1 Å². The average molecular weight is 319 g/mol. The van der Waals surface area contributed by atoms with E-state index in [1.54, 1.807) is 22.4 Å². The van der Waals surface area contributed by atoms with Crippen molar-refractivity contribution in [1.29, 1.82) is 0 Å². The average Bonchev–Trinajstić information content (AvgIpc) is 3.12. The van der Waals surface area contributed by atoms with E-state index in [-0.39, 0.29) is 12.5 Å². The van der Waals surface area contributed by atoms with E-state index >= 15 is 0 Å². The second kappa shape index (κ2) is 6.62. The molecular formula is C16H21N3O2S. The van der Waals surface area contributed by atoms with Crippen LogP contribution in [-0.4, -0.2) is 39.0 Å². The number of hydrogen-bond acceptors (Lipinski definition) is 4. The minimum atomic E-state index is -0.0365. The van der Waals surface area contributed by atoms with Gasteiger partial charge in [0.15, 0.2) is 0 Å².